The lowest BCUT2D eigenvalue weighted by atomic mass is 10.2. The lowest BCUT2D eigenvalue weighted by Crippen LogP contribution is -2.14. The lowest BCUT2D eigenvalue weighted by molar-refractivity contribution is -0.116. The fraction of sp³-hybridized carbons (Fsp3) is 0.111. The van der Waals surface area contributed by atoms with E-state index in [2.05, 4.69) is 10.5 Å². The number of methoxy groups -OCH3 is 2. The number of benzene rings is 2. The zero-order chi connectivity index (χ0) is 16.5. The Balaban J connectivity index is 1.93. The molecule has 0 bridgehead atoms. The Morgan fingerprint density at radius 2 is 1.74 bits per heavy atom. The molecule has 5 heteroatoms. The highest BCUT2D eigenvalue weighted by Gasteiger charge is 2.02. The van der Waals surface area contributed by atoms with Crippen LogP contribution in [-0.2, 0) is 4.79 Å². The SMILES string of the molecule is COc1ccc(/C=N/NC(=O)/C=C/c2ccccc2)cc1OC. The quantitative estimate of drug-likeness (QED) is 0.507. The van der Waals surface area contributed by atoms with E-state index in [4.69, 9.17) is 9.47 Å². The summed E-state index contributed by atoms with van der Waals surface area (Å²) < 4.78 is 10.4. The van der Waals surface area contributed by atoms with Crippen LogP contribution in [0.5, 0.6) is 11.5 Å². The maximum Gasteiger partial charge on any atom is 0.264 e. The van der Waals surface area contributed by atoms with Gasteiger partial charge in [0.15, 0.2) is 11.5 Å². The molecular formula is C18H18N2O3. The van der Waals surface area contributed by atoms with Crippen molar-refractivity contribution in [3.8, 4) is 11.5 Å². The molecule has 0 spiro atoms. The molecule has 0 fully saturated rings. The predicted octanol–water partition coefficient (Wildman–Crippen LogP) is 2.87. The fourth-order valence-corrected chi connectivity index (χ4v) is 1.88. The van der Waals surface area contributed by atoms with Crippen LogP contribution in [0.3, 0.4) is 0 Å². The van der Waals surface area contributed by atoms with E-state index in [1.54, 1.807) is 32.4 Å². The maximum atomic E-state index is 11.7. The first-order valence-corrected chi connectivity index (χ1v) is 7.01. The number of nitrogens with one attached hydrogen (secondary N) is 1. The highest BCUT2D eigenvalue weighted by molar-refractivity contribution is 5.92. The molecule has 0 aliphatic carbocycles. The number of hydrazone groups is 1. The van der Waals surface area contributed by atoms with Gasteiger partial charge in [-0.2, -0.15) is 5.10 Å². The molecule has 0 aromatic heterocycles. The van der Waals surface area contributed by atoms with Crippen LogP contribution in [0.4, 0.5) is 0 Å². The van der Waals surface area contributed by atoms with E-state index in [1.165, 1.54) is 12.3 Å². The Kier molecular flexibility index (Phi) is 5.94. The monoisotopic (exact) mass is 310 g/mol. The number of carbonyl (C=O) groups excluding carboxylic acids is 1. The van der Waals surface area contributed by atoms with E-state index >= 15 is 0 Å². The highest BCUT2D eigenvalue weighted by atomic mass is 16.5. The van der Waals surface area contributed by atoms with E-state index in [1.807, 2.05) is 36.4 Å². The molecule has 2 rings (SSSR count). The van der Waals surface area contributed by atoms with E-state index < -0.39 is 0 Å². The van der Waals surface area contributed by atoms with Crippen LogP contribution in [-0.4, -0.2) is 26.3 Å². The normalized spacial score (nSPS) is 10.9. The summed E-state index contributed by atoms with van der Waals surface area (Å²) in [6, 6.07) is 14.9. The number of hydrogen-bond donors (Lipinski definition) is 1. The summed E-state index contributed by atoms with van der Waals surface area (Å²) in [5.41, 5.74) is 4.18. The van der Waals surface area contributed by atoms with E-state index in [0.29, 0.717) is 11.5 Å². The molecule has 0 atom stereocenters. The van der Waals surface area contributed by atoms with E-state index in [9.17, 15) is 4.79 Å². The van der Waals surface area contributed by atoms with Gasteiger partial charge in [0.1, 0.15) is 0 Å². The largest absolute Gasteiger partial charge is 0.493 e. The van der Waals surface area contributed by atoms with Gasteiger partial charge >= 0.3 is 0 Å². The van der Waals surface area contributed by atoms with Crippen molar-refractivity contribution in [1.29, 1.82) is 0 Å². The molecule has 2 aromatic rings. The van der Waals surface area contributed by atoms with Crippen LogP contribution in [0.1, 0.15) is 11.1 Å². The van der Waals surface area contributed by atoms with Crippen molar-refractivity contribution in [1.82, 2.24) is 5.43 Å². The van der Waals surface area contributed by atoms with E-state index in [-0.39, 0.29) is 5.91 Å². The van der Waals surface area contributed by atoms with Crippen molar-refractivity contribution < 1.29 is 14.3 Å². The number of rotatable bonds is 6. The van der Waals surface area contributed by atoms with Gasteiger partial charge in [0.2, 0.25) is 0 Å². The number of ether oxygens (including phenoxy) is 2. The minimum atomic E-state index is -0.300. The molecule has 23 heavy (non-hydrogen) atoms. The number of carbonyl (C=O) groups is 1. The second-order valence-corrected chi connectivity index (χ2v) is 4.59. The molecule has 0 aliphatic heterocycles. The molecule has 118 valence electrons. The third kappa shape index (κ3) is 5.00. The van der Waals surface area contributed by atoms with Gasteiger partial charge in [-0.1, -0.05) is 30.3 Å². The zero-order valence-corrected chi connectivity index (χ0v) is 13.0. The summed E-state index contributed by atoms with van der Waals surface area (Å²) in [7, 11) is 3.14. The van der Waals surface area contributed by atoms with Crippen molar-refractivity contribution in [3.63, 3.8) is 0 Å². The van der Waals surface area contributed by atoms with Gasteiger partial charge in [0, 0.05) is 6.08 Å². The molecule has 2 aromatic carbocycles. The first kappa shape index (κ1) is 16.3. The third-order valence-electron chi connectivity index (χ3n) is 3.02. The molecule has 1 N–H and O–H groups in total. The van der Waals surface area contributed by atoms with Crippen LogP contribution < -0.4 is 14.9 Å². The molecule has 0 heterocycles. The topological polar surface area (TPSA) is 59.9 Å². The summed E-state index contributed by atoms with van der Waals surface area (Å²) in [6.07, 6.45) is 4.69. The molecule has 0 unspecified atom stereocenters. The minimum absolute atomic E-state index is 0.300. The summed E-state index contributed by atoms with van der Waals surface area (Å²) in [5.74, 6) is 0.941. The molecule has 1 amide bonds. The van der Waals surface area contributed by atoms with E-state index in [0.717, 1.165) is 11.1 Å². The zero-order valence-electron chi connectivity index (χ0n) is 13.0. The van der Waals surface area contributed by atoms with Gasteiger partial charge in [-0.25, -0.2) is 5.43 Å². The standard InChI is InChI=1S/C18H18N2O3/c1-22-16-10-8-15(12-17(16)23-2)13-19-20-18(21)11-9-14-6-4-3-5-7-14/h3-13H,1-2H3,(H,20,21)/b11-9+,19-13+. The van der Waals surface area contributed by atoms with Crippen molar-refractivity contribution in [2.24, 2.45) is 5.10 Å². The highest BCUT2D eigenvalue weighted by Crippen LogP contribution is 2.26. The lowest BCUT2D eigenvalue weighted by Gasteiger charge is -2.07. The van der Waals surface area contributed by atoms with Crippen molar-refractivity contribution in [2.45, 2.75) is 0 Å². The van der Waals surface area contributed by atoms with Crippen LogP contribution in [0.15, 0.2) is 59.7 Å². The average Bonchev–Trinajstić information content (AvgIpc) is 2.60. The van der Waals surface area contributed by atoms with Gasteiger partial charge < -0.3 is 9.47 Å². The molecule has 0 saturated carbocycles. The first-order valence-electron chi connectivity index (χ1n) is 7.01. The summed E-state index contributed by atoms with van der Waals surface area (Å²) >= 11 is 0. The van der Waals surface area contributed by atoms with Crippen LogP contribution in [0.2, 0.25) is 0 Å². The van der Waals surface area contributed by atoms with Gasteiger partial charge in [-0.3, -0.25) is 4.79 Å². The predicted molar refractivity (Wildman–Crippen MR) is 90.8 cm³/mol. The first-order chi connectivity index (χ1) is 11.2. The molecular weight excluding hydrogens is 292 g/mol. The van der Waals surface area contributed by atoms with Crippen LogP contribution in [0.25, 0.3) is 6.08 Å². The molecule has 5 nitrogen and oxygen atoms in total. The summed E-state index contributed by atoms with van der Waals surface area (Å²) in [4.78, 5) is 11.7. The smallest absolute Gasteiger partial charge is 0.264 e. The third-order valence-corrected chi connectivity index (χ3v) is 3.02. The number of nitrogens with zero attached hydrogens (tertiary/aromatic N) is 1. The van der Waals surface area contributed by atoms with Gasteiger partial charge in [-0.05, 0) is 35.4 Å². The second kappa shape index (κ2) is 8.38. The fourth-order valence-electron chi connectivity index (χ4n) is 1.88. The number of hydrogen-bond acceptors (Lipinski definition) is 4. The Morgan fingerprint density at radius 3 is 2.43 bits per heavy atom. The maximum absolute atomic E-state index is 11.7. The Hall–Kier alpha value is -3.08. The van der Waals surface area contributed by atoms with Crippen LogP contribution >= 0.6 is 0 Å². The van der Waals surface area contributed by atoms with Crippen molar-refractivity contribution >= 4 is 18.2 Å². The average molecular weight is 310 g/mol. The van der Waals surface area contributed by atoms with Crippen molar-refractivity contribution in [2.75, 3.05) is 14.2 Å². The summed E-state index contributed by atoms with van der Waals surface area (Å²) in [6.45, 7) is 0. The number of amides is 1. The Labute approximate surface area is 135 Å². The van der Waals surface area contributed by atoms with Crippen molar-refractivity contribution in [3.05, 3.63) is 65.7 Å². The van der Waals surface area contributed by atoms with Gasteiger partial charge in [0.25, 0.3) is 5.91 Å². The molecule has 0 aliphatic rings. The van der Waals surface area contributed by atoms with Crippen LogP contribution in [0, 0.1) is 0 Å². The van der Waals surface area contributed by atoms with Gasteiger partial charge in [-0.15, -0.1) is 0 Å². The summed E-state index contributed by atoms with van der Waals surface area (Å²) in [5, 5.41) is 3.91. The van der Waals surface area contributed by atoms with Gasteiger partial charge in [0.05, 0.1) is 20.4 Å². The Bertz CT molecular complexity index is 709. The minimum Gasteiger partial charge on any atom is -0.493 e. The second-order valence-electron chi connectivity index (χ2n) is 4.59. The molecule has 0 radical (unpaired) electrons. The Morgan fingerprint density at radius 1 is 1.00 bits per heavy atom. The molecule has 0 saturated heterocycles.